The number of nitrogens with zero attached hydrogens (tertiary/aromatic N) is 3. The van der Waals surface area contributed by atoms with Gasteiger partial charge in [-0.2, -0.15) is 0 Å². The van der Waals surface area contributed by atoms with Gasteiger partial charge in [-0.1, -0.05) is 51.1 Å². The second-order valence-corrected chi connectivity index (χ2v) is 10.2. The van der Waals surface area contributed by atoms with Crippen molar-refractivity contribution in [2.24, 2.45) is 17.3 Å². The molecule has 2 aromatic rings. The third kappa shape index (κ3) is 3.01. The normalized spacial score (nSPS) is 25.3. The fourth-order valence-electron chi connectivity index (χ4n) is 5.50. The lowest BCUT2D eigenvalue weighted by Gasteiger charge is -2.38. The molecule has 0 spiro atoms. The van der Waals surface area contributed by atoms with Crippen molar-refractivity contribution in [3.63, 3.8) is 0 Å². The number of nitro groups is 1. The van der Waals surface area contributed by atoms with Gasteiger partial charge in [0.25, 0.3) is 5.69 Å². The number of nitro benzene ring substituents is 1. The zero-order valence-electron chi connectivity index (χ0n) is 19.4. The van der Waals surface area contributed by atoms with Crippen LogP contribution in [0.25, 0.3) is 6.08 Å². The Balaban J connectivity index is 1.64. The number of aryl methyl sites for hydroxylation is 1. The van der Waals surface area contributed by atoms with Gasteiger partial charge in [0.2, 0.25) is 11.8 Å². The van der Waals surface area contributed by atoms with Crippen LogP contribution in [0.5, 0.6) is 0 Å². The minimum atomic E-state index is -0.838. The number of benzene rings is 2. The lowest BCUT2D eigenvalue weighted by atomic mass is 9.79. The summed E-state index contributed by atoms with van der Waals surface area (Å²) >= 11 is 0. The molecule has 2 saturated heterocycles. The Morgan fingerprint density at radius 2 is 1.68 bits per heavy atom. The van der Waals surface area contributed by atoms with Gasteiger partial charge >= 0.3 is 0 Å². The number of imide groups is 1. The maximum absolute atomic E-state index is 13.8. The smallest absolute Gasteiger partial charge is 0.269 e. The van der Waals surface area contributed by atoms with Crippen LogP contribution < -0.4 is 9.80 Å². The van der Waals surface area contributed by atoms with Crippen LogP contribution in [0.4, 0.5) is 17.1 Å². The van der Waals surface area contributed by atoms with Crippen molar-refractivity contribution in [2.75, 3.05) is 9.80 Å². The first kappa shape index (κ1) is 22.0. The highest BCUT2D eigenvalue weighted by molar-refractivity contribution is 6.25. The summed E-state index contributed by atoms with van der Waals surface area (Å²) in [7, 11) is 0. The quantitative estimate of drug-likeness (QED) is 0.392. The number of non-ortho nitro benzene ring substituents is 1. The van der Waals surface area contributed by atoms with E-state index in [1.807, 2.05) is 62.1 Å². The molecule has 4 atom stereocenters. The first-order valence-electron chi connectivity index (χ1n) is 11.2. The summed E-state index contributed by atoms with van der Waals surface area (Å²) in [6.45, 7) is 7.10. The van der Waals surface area contributed by atoms with E-state index in [4.69, 9.17) is 0 Å². The molecule has 2 amide bonds. The molecular weight excluding hydrogens is 434 g/mol. The highest BCUT2D eigenvalue weighted by Gasteiger charge is 2.65. The van der Waals surface area contributed by atoms with Crippen LogP contribution in [0.2, 0.25) is 0 Å². The topological polar surface area (TPSA) is 101 Å². The average Bonchev–Trinajstić information content (AvgIpc) is 3.25. The van der Waals surface area contributed by atoms with Crippen LogP contribution in [0, 0.1) is 34.3 Å². The van der Waals surface area contributed by atoms with Crippen LogP contribution >= 0.6 is 0 Å². The van der Waals surface area contributed by atoms with Gasteiger partial charge < -0.3 is 4.90 Å². The van der Waals surface area contributed by atoms with Crippen molar-refractivity contribution in [1.29, 1.82) is 0 Å². The highest BCUT2D eigenvalue weighted by atomic mass is 16.6. The number of ketones is 1. The number of carbonyl (C=O) groups is 3. The van der Waals surface area contributed by atoms with Crippen LogP contribution in [-0.4, -0.2) is 34.6 Å². The molecule has 0 N–H and O–H groups in total. The predicted molar refractivity (Wildman–Crippen MR) is 127 cm³/mol. The van der Waals surface area contributed by atoms with Crippen LogP contribution in [0.3, 0.4) is 0 Å². The average molecular weight is 460 g/mol. The Kier molecular flexibility index (Phi) is 4.76. The lowest BCUT2D eigenvalue weighted by Crippen LogP contribution is -2.51. The molecule has 3 aliphatic heterocycles. The molecule has 3 heterocycles. The molecule has 0 aromatic heterocycles. The number of fused-ring (bicyclic) bond motifs is 5. The molecule has 0 saturated carbocycles. The van der Waals surface area contributed by atoms with E-state index in [0.717, 1.165) is 16.2 Å². The molecule has 0 bridgehead atoms. The third-order valence-corrected chi connectivity index (χ3v) is 7.05. The largest absolute Gasteiger partial charge is 0.353 e. The molecule has 2 aromatic carbocycles. The van der Waals surface area contributed by atoms with Crippen molar-refractivity contribution >= 4 is 40.7 Å². The van der Waals surface area contributed by atoms with Gasteiger partial charge in [0.05, 0.1) is 28.5 Å². The SMILES string of the molecule is Cc1cc([N+](=O)[O-])ccc1N1C(=O)[C@@H]2[C@@H](C1=O)[C@@H]1C=Cc3ccccc3N1[C@@H]2C(=O)C(C)(C)C. The van der Waals surface area contributed by atoms with E-state index in [1.54, 1.807) is 6.92 Å². The Labute approximate surface area is 197 Å². The maximum atomic E-state index is 13.8. The van der Waals surface area contributed by atoms with E-state index in [9.17, 15) is 24.5 Å². The van der Waals surface area contributed by atoms with E-state index >= 15 is 0 Å². The highest BCUT2D eigenvalue weighted by Crippen LogP contribution is 2.50. The second-order valence-electron chi connectivity index (χ2n) is 10.2. The molecule has 34 heavy (non-hydrogen) atoms. The Morgan fingerprint density at radius 1 is 1.00 bits per heavy atom. The van der Waals surface area contributed by atoms with E-state index < -0.39 is 40.2 Å². The molecule has 8 nitrogen and oxygen atoms in total. The molecule has 8 heteroatoms. The van der Waals surface area contributed by atoms with E-state index in [1.165, 1.54) is 18.2 Å². The molecule has 5 rings (SSSR count). The first-order chi connectivity index (χ1) is 16.0. The molecule has 2 fully saturated rings. The number of rotatable bonds is 3. The third-order valence-electron chi connectivity index (χ3n) is 7.05. The fraction of sp³-hybridized carbons (Fsp3) is 0.346. The first-order valence-corrected chi connectivity index (χ1v) is 11.2. The predicted octanol–water partition coefficient (Wildman–Crippen LogP) is 3.91. The molecule has 3 aliphatic rings. The van der Waals surface area contributed by atoms with Crippen molar-refractivity contribution in [3.05, 3.63) is 69.8 Å². The number of carbonyl (C=O) groups excluding carboxylic acids is 3. The van der Waals surface area contributed by atoms with Gasteiger partial charge in [-0.3, -0.25) is 24.5 Å². The maximum Gasteiger partial charge on any atom is 0.269 e. The van der Waals surface area contributed by atoms with Gasteiger partial charge in [-0.15, -0.1) is 0 Å². The van der Waals surface area contributed by atoms with Gasteiger partial charge in [-0.05, 0) is 30.2 Å². The fourth-order valence-corrected chi connectivity index (χ4v) is 5.50. The number of anilines is 2. The standard InChI is InChI=1S/C26H25N3O5/c1-14-13-16(29(33)34)10-12-17(14)28-24(31)20-19-11-9-15-7-5-6-8-18(15)27(19)22(21(20)25(28)32)23(30)26(2,3)4/h5-13,19-22H,1-4H3/t19-,20-,21+,22-/m0/s1. The van der Waals surface area contributed by atoms with Gasteiger partial charge in [0.1, 0.15) is 6.04 Å². The summed E-state index contributed by atoms with van der Waals surface area (Å²) in [6, 6.07) is 10.5. The zero-order chi connectivity index (χ0) is 24.5. The summed E-state index contributed by atoms with van der Waals surface area (Å²) < 4.78 is 0. The van der Waals surface area contributed by atoms with Crippen molar-refractivity contribution in [3.8, 4) is 0 Å². The van der Waals surface area contributed by atoms with Crippen LogP contribution in [-0.2, 0) is 14.4 Å². The number of hydrogen-bond donors (Lipinski definition) is 0. The minimum Gasteiger partial charge on any atom is -0.353 e. The van der Waals surface area contributed by atoms with Crippen molar-refractivity contribution in [1.82, 2.24) is 0 Å². The summed E-state index contributed by atoms with van der Waals surface area (Å²) in [4.78, 5) is 55.0. The number of hydrogen-bond acceptors (Lipinski definition) is 6. The Hall–Kier alpha value is -3.81. The monoisotopic (exact) mass is 459 g/mol. The lowest BCUT2D eigenvalue weighted by molar-refractivity contribution is -0.384. The zero-order valence-corrected chi connectivity index (χ0v) is 19.4. The van der Waals surface area contributed by atoms with Crippen LogP contribution in [0.1, 0.15) is 31.9 Å². The van der Waals surface area contributed by atoms with Gasteiger partial charge in [0.15, 0.2) is 5.78 Å². The Bertz CT molecular complexity index is 1290. The molecule has 0 unspecified atom stereocenters. The molecule has 0 radical (unpaired) electrons. The minimum absolute atomic E-state index is 0.0986. The molecule has 174 valence electrons. The van der Waals surface area contributed by atoms with Crippen LogP contribution in [0.15, 0.2) is 48.5 Å². The molecular formula is C26H25N3O5. The van der Waals surface area contributed by atoms with Crippen molar-refractivity contribution in [2.45, 2.75) is 39.8 Å². The van der Waals surface area contributed by atoms with Crippen molar-refractivity contribution < 1.29 is 19.3 Å². The number of Topliss-reactive ketones (excluding diaryl/α,β-unsaturated/α-hetero) is 1. The summed E-state index contributed by atoms with van der Waals surface area (Å²) in [5.41, 5.74) is 1.72. The number of amides is 2. The Morgan fingerprint density at radius 3 is 2.32 bits per heavy atom. The summed E-state index contributed by atoms with van der Waals surface area (Å²) in [5, 5.41) is 11.2. The summed E-state index contributed by atoms with van der Waals surface area (Å²) in [5.74, 6) is -2.47. The summed E-state index contributed by atoms with van der Waals surface area (Å²) in [6.07, 6.45) is 3.85. The number of para-hydroxylation sites is 1. The van der Waals surface area contributed by atoms with Gasteiger partial charge in [0, 0.05) is 23.2 Å². The molecule has 0 aliphatic carbocycles. The van der Waals surface area contributed by atoms with E-state index in [2.05, 4.69) is 0 Å². The van der Waals surface area contributed by atoms with Gasteiger partial charge in [-0.25, -0.2) is 4.90 Å². The van der Waals surface area contributed by atoms with E-state index in [-0.39, 0.29) is 17.4 Å². The van der Waals surface area contributed by atoms with E-state index in [0.29, 0.717) is 11.3 Å². The second kappa shape index (κ2) is 7.35.